The van der Waals surface area contributed by atoms with E-state index in [9.17, 15) is 4.39 Å². The first kappa shape index (κ1) is 28.5. The summed E-state index contributed by atoms with van der Waals surface area (Å²) in [5, 5.41) is 17.1. The summed E-state index contributed by atoms with van der Waals surface area (Å²) in [4.78, 5) is 9.50. The van der Waals surface area contributed by atoms with E-state index in [0.717, 1.165) is 28.1 Å². The molecule has 2 unspecified atom stereocenters. The quantitative estimate of drug-likeness (QED) is 0.254. The molecule has 0 bridgehead atoms. The Kier molecular flexibility index (Phi) is 10.9. The molecule has 35 heavy (non-hydrogen) atoms. The van der Waals surface area contributed by atoms with Crippen LogP contribution < -0.4 is 0 Å². The molecule has 0 spiro atoms. The first-order valence-corrected chi connectivity index (χ1v) is 11.3. The van der Waals surface area contributed by atoms with Gasteiger partial charge in [0.15, 0.2) is 0 Å². The molecule has 4 aromatic rings. The van der Waals surface area contributed by atoms with Crippen molar-refractivity contribution in [1.29, 1.82) is 0 Å². The fourth-order valence-corrected chi connectivity index (χ4v) is 3.43. The van der Waals surface area contributed by atoms with E-state index in [0.29, 0.717) is 17.7 Å². The van der Waals surface area contributed by atoms with Crippen molar-refractivity contribution in [3.63, 3.8) is 0 Å². The predicted octanol–water partition coefficient (Wildman–Crippen LogP) is 6.17. The topological polar surface area (TPSA) is 66.2 Å². The van der Waals surface area contributed by atoms with Gasteiger partial charge < -0.3 is 15.2 Å². The Bertz CT molecular complexity index is 1200. The Morgan fingerprint density at radius 3 is 2.06 bits per heavy atom. The Morgan fingerprint density at radius 2 is 1.51 bits per heavy atom. The number of benzene rings is 3. The van der Waals surface area contributed by atoms with Crippen molar-refractivity contribution in [1.82, 2.24) is 9.97 Å². The van der Waals surface area contributed by atoms with Gasteiger partial charge in [0.1, 0.15) is 5.82 Å². The van der Waals surface area contributed by atoms with Gasteiger partial charge in [0.05, 0.1) is 23.6 Å². The normalized spacial score (nSPS) is 12.1. The van der Waals surface area contributed by atoms with Crippen molar-refractivity contribution in [2.45, 2.75) is 46.3 Å². The molecule has 0 saturated heterocycles. The minimum atomic E-state index is -0.375. The molecule has 0 amide bonds. The van der Waals surface area contributed by atoms with Crippen molar-refractivity contribution in [3.8, 4) is 33.8 Å². The van der Waals surface area contributed by atoms with Gasteiger partial charge in [-0.25, -0.2) is 4.39 Å². The Hall–Kier alpha value is -2.76. The second-order valence-electron chi connectivity index (χ2n) is 8.54. The maximum absolute atomic E-state index is 13.6. The van der Waals surface area contributed by atoms with E-state index in [2.05, 4.69) is 23.2 Å². The molecule has 0 saturated carbocycles. The van der Waals surface area contributed by atoms with Crippen LogP contribution in [0.4, 0.5) is 4.39 Å². The van der Waals surface area contributed by atoms with Gasteiger partial charge in [-0.15, -0.1) is 35.4 Å². The van der Waals surface area contributed by atoms with Gasteiger partial charge in [-0.1, -0.05) is 48.9 Å². The first-order chi connectivity index (χ1) is 16.2. The average Bonchev–Trinajstić information content (AvgIpc) is 2.79. The van der Waals surface area contributed by atoms with Crippen LogP contribution in [0.1, 0.15) is 31.4 Å². The van der Waals surface area contributed by atoms with Crippen LogP contribution in [0.2, 0.25) is 0 Å². The largest absolute Gasteiger partial charge is 0.393 e. The summed E-state index contributed by atoms with van der Waals surface area (Å²) in [7, 11) is 0. The van der Waals surface area contributed by atoms with E-state index >= 15 is 0 Å². The van der Waals surface area contributed by atoms with Gasteiger partial charge in [-0.2, -0.15) is 0 Å². The molecular formula is C29H30FIrN2O2-. The number of hydrogen-bond acceptors (Lipinski definition) is 4. The third-order valence-electron chi connectivity index (χ3n) is 5.12. The second kappa shape index (κ2) is 13.4. The number of aryl methyl sites for hydroxylation is 2. The Labute approximate surface area is 220 Å². The van der Waals surface area contributed by atoms with Gasteiger partial charge in [-0.05, 0) is 44.9 Å². The number of hydrogen-bond donors (Lipinski definition) is 2. The second-order valence-corrected chi connectivity index (χ2v) is 8.54. The van der Waals surface area contributed by atoms with Crippen LogP contribution in [0.25, 0.3) is 33.8 Å². The first-order valence-electron chi connectivity index (χ1n) is 11.3. The van der Waals surface area contributed by atoms with E-state index in [4.69, 9.17) is 15.2 Å². The van der Waals surface area contributed by atoms with Gasteiger partial charge >= 0.3 is 0 Å². The van der Waals surface area contributed by atoms with E-state index in [1.54, 1.807) is 26.1 Å². The summed E-state index contributed by atoms with van der Waals surface area (Å²) in [5.74, 6) is -0.290. The SMILES string of the molecule is CC(O)CC(C)O.Cc1c[c-]c(-c2ncc(-c3cccc(F)c3)nc2-c2ccc(C)cc2)cc1.[Ir]. The molecule has 4 nitrogen and oxygen atoms in total. The smallest absolute Gasteiger partial charge is 0.123 e. The van der Waals surface area contributed by atoms with Crippen LogP contribution in [0.15, 0.2) is 72.9 Å². The number of rotatable bonds is 5. The van der Waals surface area contributed by atoms with Crippen molar-refractivity contribution >= 4 is 0 Å². The minimum absolute atomic E-state index is 0. The molecule has 1 aromatic heterocycles. The molecule has 1 radical (unpaired) electrons. The number of halogens is 1. The molecule has 4 rings (SSSR count). The summed E-state index contributed by atoms with van der Waals surface area (Å²) in [6.45, 7) is 7.40. The molecule has 2 atom stereocenters. The number of aromatic nitrogens is 2. The standard InChI is InChI=1S/C24H18FN2.C5H12O2.Ir/c1-16-6-10-18(11-7-16)23-24(19-12-8-17(2)9-13-19)27-22(15-26-23)20-4-3-5-21(25)14-20;1-4(6)3-5(2)7;/h3-10,12-15H,1-2H3;4-7H,3H2,1-2H3;/q-1;;. The molecular weight excluding hydrogens is 620 g/mol. The van der Waals surface area contributed by atoms with Crippen LogP contribution in [0.3, 0.4) is 0 Å². The van der Waals surface area contributed by atoms with Gasteiger partial charge in [0.2, 0.25) is 0 Å². The molecule has 0 aliphatic heterocycles. The molecule has 3 aromatic carbocycles. The number of aliphatic hydroxyl groups is 2. The third kappa shape index (κ3) is 8.44. The Balaban J connectivity index is 0.000000476. The zero-order valence-electron chi connectivity index (χ0n) is 20.3. The molecule has 1 heterocycles. The van der Waals surface area contributed by atoms with E-state index in [1.807, 2.05) is 50.2 Å². The molecule has 2 N–H and O–H groups in total. The van der Waals surface area contributed by atoms with E-state index in [-0.39, 0.29) is 38.1 Å². The van der Waals surface area contributed by atoms with Crippen LogP contribution in [0, 0.1) is 25.7 Å². The fraction of sp³-hybridized carbons (Fsp3) is 0.241. The van der Waals surface area contributed by atoms with Crippen LogP contribution >= 0.6 is 0 Å². The van der Waals surface area contributed by atoms with E-state index < -0.39 is 0 Å². The third-order valence-corrected chi connectivity index (χ3v) is 5.12. The molecule has 0 aliphatic rings. The summed E-state index contributed by atoms with van der Waals surface area (Å²) < 4.78 is 13.6. The zero-order chi connectivity index (χ0) is 24.7. The summed E-state index contributed by atoms with van der Waals surface area (Å²) in [5.41, 5.74) is 7.04. The molecule has 0 aliphatic carbocycles. The monoisotopic (exact) mass is 650 g/mol. The van der Waals surface area contributed by atoms with Crippen LogP contribution in [-0.2, 0) is 20.1 Å². The minimum Gasteiger partial charge on any atom is -0.393 e. The van der Waals surface area contributed by atoms with Crippen molar-refractivity contribution in [2.75, 3.05) is 0 Å². The van der Waals surface area contributed by atoms with E-state index in [1.165, 1.54) is 17.7 Å². The van der Waals surface area contributed by atoms with Gasteiger partial charge in [-0.3, -0.25) is 4.98 Å². The van der Waals surface area contributed by atoms with Crippen molar-refractivity contribution < 1.29 is 34.7 Å². The van der Waals surface area contributed by atoms with Crippen molar-refractivity contribution in [3.05, 3.63) is 95.9 Å². The predicted molar refractivity (Wildman–Crippen MR) is 135 cm³/mol. The molecule has 185 valence electrons. The zero-order valence-corrected chi connectivity index (χ0v) is 22.7. The van der Waals surface area contributed by atoms with Crippen LogP contribution in [-0.4, -0.2) is 32.4 Å². The van der Waals surface area contributed by atoms with Gasteiger partial charge in [0, 0.05) is 37.6 Å². The summed E-state index contributed by atoms with van der Waals surface area (Å²) >= 11 is 0. The maximum atomic E-state index is 13.6. The number of nitrogens with zero attached hydrogens (tertiary/aromatic N) is 2. The fourth-order valence-electron chi connectivity index (χ4n) is 3.43. The Morgan fingerprint density at radius 1 is 0.857 bits per heavy atom. The summed E-state index contributed by atoms with van der Waals surface area (Å²) in [6, 6.07) is 23.8. The van der Waals surface area contributed by atoms with Gasteiger partial charge in [0.25, 0.3) is 0 Å². The molecule has 0 fully saturated rings. The molecule has 6 heteroatoms. The van der Waals surface area contributed by atoms with Crippen molar-refractivity contribution in [2.24, 2.45) is 0 Å². The summed E-state index contributed by atoms with van der Waals surface area (Å²) in [6.07, 6.45) is 1.41. The van der Waals surface area contributed by atoms with Crippen LogP contribution in [0.5, 0.6) is 0 Å². The number of aliphatic hydroxyl groups excluding tert-OH is 2. The maximum Gasteiger partial charge on any atom is 0.123 e. The average molecular weight is 650 g/mol.